The monoisotopic (exact) mass is 219 g/mol. The summed E-state index contributed by atoms with van der Waals surface area (Å²) in [5, 5.41) is 0. The minimum atomic E-state index is 0. The summed E-state index contributed by atoms with van der Waals surface area (Å²) in [7, 11) is 0. The molecule has 0 rings (SSSR count). The Morgan fingerprint density at radius 2 is 1.21 bits per heavy atom. The Hall–Kier alpha value is 0.310. The van der Waals surface area contributed by atoms with Crippen LogP contribution >= 0.6 is 11.8 Å². The number of hydrogen-bond acceptors (Lipinski definition) is 2. The molecule has 0 aromatic rings. The second-order valence-electron chi connectivity index (χ2n) is 3.67. The molecule has 0 fully saturated rings. The summed E-state index contributed by atoms with van der Waals surface area (Å²) in [6.45, 7) is 4.53. The minimum Gasteiger partial charge on any atom is -0.344 e. The van der Waals surface area contributed by atoms with Crippen LogP contribution in [-0.4, -0.2) is 11.5 Å². The van der Waals surface area contributed by atoms with Gasteiger partial charge in [0.1, 0.15) is 0 Å². The highest BCUT2D eigenvalue weighted by atomic mass is 32.2. The Balaban J connectivity index is 0. The van der Waals surface area contributed by atoms with Crippen molar-refractivity contribution in [1.29, 1.82) is 0 Å². The van der Waals surface area contributed by atoms with Gasteiger partial charge >= 0.3 is 0 Å². The van der Waals surface area contributed by atoms with Gasteiger partial charge in [-0.1, -0.05) is 58.8 Å². The lowest BCUT2D eigenvalue weighted by atomic mass is 10.1. The van der Waals surface area contributed by atoms with Crippen molar-refractivity contribution in [3.05, 3.63) is 0 Å². The Labute approximate surface area is 95.0 Å². The van der Waals surface area contributed by atoms with Gasteiger partial charge in [0.15, 0.2) is 0 Å². The van der Waals surface area contributed by atoms with E-state index in [2.05, 4.69) is 25.6 Å². The van der Waals surface area contributed by atoms with E-state index in [4.69, 9.17) is 0 Å². The van der Waals surface area contributed by atoms with E-state index < -0.39 is 0 Å². The molecule has 2 heteroatoms. The molecule has 0 aromatic heterocycles. The first-order valence-corrected chi connectivity index (χ1v) is 7.15. The molecule has 0 aromatic carbocycles. The summed E-state index contributed by atoms with van der Waals surface area (Å²) >= 11 is 2.08. The zero-order valence-corrected chi connectivity index (χ0v) is 11.0. The van der Waals surface area contributed by atoms with Crippen LogP contribution in [0.5, 0.6) is 0 Å². The molecule has 0 aliphatic rings. The molecular weight excluding hydrogens is 190 g/mol. The van der Waals surface area contributed by atoms with E-state index in [1.807, 2.05) is 0 Å². The van der Waals surface area contributed by atoms with Gasteiger partial charge in [-0.05, 0) is 17.9 Å². The molecule has 0 amide bonds. The molecule has 0 bridgehead atoms. The largest absolute Gasteiger partial charge is 0.344 e. The third-order valence-electron chi connectivity index (χ3n) is 2.35. The van der Waals surface area contributed by atoms with Crippen molar-refractivity contribution in [2.24, 2.45) is 0 Å². The zero-order chi connectivity index (χ0) is 9.78. The molecule has 0 unspecified atom stereocenters. The van der Waals surface area contributed by atoms with Crippen molar-refractivity contribution in [2.75, 3.05) is 11.5 Å². The van der Waals surface area contributed by atoms with Crippen LogP contribution in [0.2, 0.25) is 0 Å². The lowest BCUT2D eigenvalue weighted by molar-refractivity contribution is 0.586. The smallest absolute Gasteiger partial charge is 0.00676 e. The van der Waals surface area contributed by atoms with Gasteiger partial charge < -0.3 is 6.15 Å². The molecule has 3 N–H and O–H groups in total. The molecule has 0 saturated heterocycles. The fourth-order valence-corrected chi connectivity index (χ4v) is 2.18. The second-order valence-corrected chi connectivity index (χ2v) is 5.07. The van der Waals surface area contributed by atoms with Crippen molar-refractivity contribution in [3.8, 4) is 0 Å². The maximum Gasteiger partial charge on any atom is -0.00676 e. The molecule has 0 spiro atoms. The molecule has 0 heterocycles. The van der Waals surface area contributed by atoms with Crippen LogP contribution in [0.15, 0.2) is 0 Å². The van der Waals surface area contributed by atoms with Gasteiger partial charge in [0.2, 0.25) is 0 Å². The average molecular weight is 219 g/mol. The summed E-state index contributed by atoms with van der Waals surface area (Å²) in [5.41, 5.74) is 0. The van der Waals surface area contributed by atoms with Crippen molar-refractivity contribution < 1.29 is 0 Å². The van der Waals surface area contributed by atoms with E-state index in [1.54, 1.807) is 0 Å². The highest BCUT2D eigenvalue weighted by Gasteiger charge is 1.91. The number of hydrogen-bond donors (Lipinski definition) is 1. The molecule has 14 heavy (non-hydrogen) atoms. The molecule has 0 radical (unpaired) electrons. The number of rotatable bonds is 10. The van der Waals surface area contributed by atoms with Crippen LogP contribution in [0, 0.1) is 0 Å². The van der Waals surface area contributed by atoms with Gasteiger partial charge in [0.25, 0.3) is 0 Å². The maximum absolute atomic E-state index is 2.28. The second kappa shape index (κ2) is 15.8. The minimum absolute atomic E-state index is 0. The van der Waals surface area contributed by atoms with Crippen LogP contribution in [0.4, 0.5) is 0 Å². The highest BCUT2D eigenvalue weighted by molar-refractivity contribution is 7.99. The predicted molar refractivity (Wildman–Crippen MR) is 70.6 cm³/mol. The van der Waals surface area contributed by atoms with E-state index >= 15 is 0 Å². The SMILES string of the molecule is CCCCCCCCCCSCC.N. The first kappa shape index (κ1) is 16.7. The Kier molecular flexibility index (Phi) is 18.8. The van der Waals surface area contributed by atoms with Crippen molar-refractivity contribution >= 4 is 11.8 Å². The van der Waals surface area contributed by atoms with Crippen LogP contribution in [-0.2, 0) is 0 Å². The Morgan fingerprint density at radius 1 is 0.714 bits per heavy atom. The van der Waals surface area contributed by atoms with Gasteiger partial charge in [-0.15, -0.1) is 0 Å². The summed E-state index contributed by atoms with van der Waals surface area (Å²) in [6.07, 6.45) is 11.6. The quantitative estimate of drug-likeness (QED) is 0.522. The van der Waals surface area contributed by atoms with E-state index in [-0.39, 0.29) is 6.15 Å². The van der Waals surface area contributed by atoms with Crippen molar-refractivity contribution in [3.63, 3.8) is 0 Å². The van der Waals surface area contributed by atoms with Crippen molar-refractivity contribution in [2.45, 2.75) is 65.2 Å². The summed E-state index contributed by atoms with van der Waals surface area (Å²) in [4.78, 5) is 0. The standard InChI is InChI=1S/C12H26S.H3N/c1-3-5-6-7-8-9-10-11-12-13-4-2;/h3-12H2,1-2H3;1H3. The van der Waals surface area contributed by atoms with Gasteiger partial charge in [-0.2, -0.15) is 11.8 Å². The first-order chi connectivity index (χ1) is 6.41. The summed E-state index contributed by atoms with van der Waals surface area (Å²) in [5.74, 6) is 2.67. The lowest BCUT2D eigenvalue weighted by Gasteiger charge is -2.00. The van der Waals surface area contributed by atoms with Crippen molar-refractivity contribution in [1.82, 2.24) is 6.15 Å². The molecule has 0 atom stereocenters. The van der Waals surface area contributed by atoms with Crippen LogP contribution in [0.3, 0.4) is 0 Å². The Morgan fingerprint density at radius 3 is 1.71 bits per heavy atom. The van der Waals surface area contributed by atoms with Crippen LogP contribution in [0.1, 0.15) is 65.2 Å². The maximum atomic E-state index is 2.28. The highest BCUT2D eigenvalue weighted by Crippen LogP contribution is 2.10. The third kappa shape index (κ3) is 14.8. The fraction of sp³-hybridized carbons (Fsp3) is 1.00. The molecule has 0 aliphatic heterocycles. The van der Waals surface area contributed by atoms with Crippen LogP contribution < -0.4 is 6.15 Å². The topological polar surface area (TPSA) is 35.0 Å². The van der Waals surface area contributed by atoms with E-state index in [1.165, 1.54) is 62.9 Å². The normalized spacial score (nSPS) is 9.86. The van der Waals surface area contributed by atoms with E-state index in [0.29, 0.717) is 0 Å². The fourth-order valence-electron chi connectivity index (χ4n) is 1.48. The zero-order valence-electron chi connectivity index (χ0n) is 10.2. The first-order valence-electron chi connectivity index (χ1n) is 5.99. The third-order valence-corrected chi connectivity index (χ3v) is 3.33. The predicted octanol–water partition coefficient (Wildman–Crippen LogP) is 5.04. The van der Waals surface area contributed by atoms with E-state index in [0.717, 1.165) is 0 Å². The number of unbranched alkanes of at least 4 members (excludes halogenated alkanes) is 7. The van der Waals surface area contributed by atoms with Gasteiger partial charge in [0, 0.05) is 0 Å². The molecule has 88 valence electrons. The van der Waals surface area contributed by atoms with Gasteiger partial charge in [0.05, 0.1) is 0 Å². The summed E-state index contributed by atoms with van der Waals surface area (Å²) in [6, 6.07) is 0. The van der Waals surface area contributed by atoms with E-state index in [9.17, 15) is 0 Å². The molecule has 1 nitrogen and oxygen atoms in total. The lowest BCUT2D eigenvalue weighted by Crippen LogP contribution is -1.83. The van der Waals surface area contributed by atoms with Gasteiger partial charge in [-0.3, -0.25) is 0 Å². The molecule has 0 aliphatic carbocycles. The molecular formula is C12H29NS. The number of thioether (sulfide) groups is 1. The average Bonchev–Trinajstić information content (AvgIpc) is 2.16. The summed E-state index contributed by atoms with van der Waals surface area (Å²) < 4.78 is 0. The Bertz CT molecular complexity index is 76.4. The van der Waals surface area contributed by atoms with Gasteiger partial charge in [-0.25, -0.2) is 0 Å². The molecule has 0 saturated carbocycles. The van der Waals surface area contributed by atoms with Crippen LogP contribution in [0.25, 0.3) is 0 Å².